The third-order valence-corrected chi connectivity index (χ3v) is 2.88. The van der Waals surface area contributed by atoms with Crippen LogP contribution >= 0.6 is 0 Å². The molecule has 2 unspecified atom stereocenters. The first-order chi connectivity index (χ1) is 6.16. The number of ketones is 1. The predicted octanol–water partition coefficient (Wildman–Crippen LogP) is 2.00. The maximum atomic E-state index is 11.4. The van der Waals surface area contributed by atoms with Crippen molar-refractivity contribution in [2.45, 2.75) is 45.2 Å². The van der Waals surface area contributed by atoms with Gasteiger partial charge in [-0.05, 0) is 33.2 Å². The topological polar surface area (TPSA) is 20.3 Å². The fraction of sp³-hybridized carbons (Fsp3) is 0.727. The molecule has 13 heavy (non-hydrogen) atoms. The largest absolute Gasteiger partial charge is 0.298 e. The summed E-state index contributed by atoms with van der Waals surface area (Å²) in [5, 5.41) is 0. The highest BCUT2D eigenvalue weighted by atomic mass is 16.1. The van der Waals surface area contributed by atoms with Gasteiger partial charge in [-0.15, -0.1) is 6.58 Å². The molecule has 0 radical (unpaired) electrons. The van der Waals surface area contributed by atoms with E-state index in [-0.39, 0.29) is 6.04 Å². The summed E-state index contributed by atoms with van der Waals surface area (Å²) in [7, 11) is 0. The van der Waals surface area contributed by atoms with Crippen molar-refractivity contribution >= 4 is 5.78 Å². The first kappa shape index (κ1) is 10.5. The molecule has 0 amide bonds. The highest BCUT2D eigenvalue weighted by molar-refractivity contribution is 5.81. The second-order valence-electron chi connectivity index (χ2n) is 3.84. The lowest BCUT2D eigenvalue weighted by atomic mass is 9.97. The first-order valence-corrected chi connectivity index (χ1v) is 5.05. The Bertz CT molecular complexity index is 200. The molecule has 74 valence electrons. The minimum atomic E-state index is 0.141. The fourth-order valence-corrected chi connectivity index (χ4v) is 2.01. The lowest BCUT2D eigenvalue weighted by molar-refractivity contribution is -0.123. The summed E-state index contributed by atoms with van der Waals surface area (Å²) in [4.78, 5) is 13.6. The number of Topliss-reactive ketones (excluding diaryl/α,β-unsaturated/α-hetero) is 1. The zero-order valence-corrected chi connectivity index (χ0v) is 8.62. The fourth-order valence-electron chi connectivity index (χ4n) is 2.01. The average Bonchev–Trinajstić information content (AvgIpc) is 2.16. The summed E-state index contributed by atoms with van der Waals surface area (Å²) in [5.41, 5.74) is 0. The number of carbonyl (C=O) groups is 1. The lowest BCUT2D eigenvalue weighted by Crippen LogP contribution is -2.47. The van der Waals surface area contributed by atoms with E-state index in [2.05, 4.69) is 18.4 Å². The van der Waals surface area contributed by atoms with Crippen LogP contribution in [0, 0.1) is 0 Å². The van der Waals surface area contributed by atoms with Crippen LogP contribution in [0.5, 0.6) is 0 Å². The Morgan fingerprint density at radius 2 is 2.31 bits per heavy atom. The molecule has 2 heteroatoms. The maximum absolute atomic E-state index is 11.4. The Balaban J connectivity index is 2.66. The number of hydrogen-bond acceptors (Lipinski definition) is 2. The minimum absolute atomic E-state index is 0.141. The van der Waals surface area contributed by atoms with Crippen molar-refractivity contribution in [3.8, 4) is 0 Å². The zero-order chi connectivity index (χ0) is 9.84. The van der Waals surface area contributed by atoms with Crippen LogP contribution in [0.1, 0.15) is 33.1 Å². The van der Waals surface area contributed by atoms with Crippen LogP contribution in [-0.2, 0) is 4.79 Å². The molecule has 0 spiro atoms. The summed E-state index contributed by atoms with van der Waals surface area (Å²) in [6.45, 7) is 8.61. The Morgan fingerprint density at radius 3 is 2.85 bits per heavy atom. The molecule has 2 atom stereocenters. The number of carbonyl (C=O) groups excluding carboxylic acids is 1. The predicted molar refractivity (Wildman–Crippen MR) is 54.7 cm³/mol. The Hall–Kier alpha value is -0.630. The highest BCUT2D eigenvalue weighted by Crippen LogP contribution is 2.20. The van der Waals surface area contributed by atoms with E-state index in [0.29, 0.717) is 11.8 Å². The number of rotatable bonds is 3. The number of likely N-dealkylation sites (tertiary alicyclic amines) is 1. The van der Waals surface area contributed by atoms with Gasteiger partial charge in [0, 0.05) is 6.04 Å². The van der Waals surface area contributed by atoms with E-state index in [4.69, 9.17) is 0 Å². The van der Waals surface area contributed by atoms with Crippen molar-refractivity contribution in [3.63, 3.8) is 0 Å². The Labute approximate surface area is 80.6 Å². The van der Waals surface area contributed by atoms with Gasteiger partial charge < -0.3 is 0 Å². The first-order valence-electron chi connectivity index (χ1n) is 5.05. The van der Waals surface area contributed by atoms with Crippen molar-refractivity contribution in [2.75, 3.05) is 6.54 Å². The van der Waals surface area contributed by atoms with Gasteiger partial charge in [0.1, 0.15) is 5.78 Å². The van der Waals surface area contributed by atoms with E-state index < -0.39 is 0 Å². The molecule has 0 aromatic carbocycles. The molecule has 0 aliphatic carbocycles. The maximum Gasteiger partial charge on any atom is 0.146 e. The standard InChI is InChI=1S/C11H19NO/c1-4-9(2)12-8-6-5-7-11(12)10(3)13/h4,9,11H,1,5-8H2,2-3H3. The molecule has 2 nitrogen and oxygen atoms in total. The Morgan fingerprint density at radius 1 is 1.62 bits per heavy atom. The van der Waals surface area contributed by atoms with E-state index in [1.807, 2.05) is 6.08 Å². The molecule has 0 N–H and O–H groups in total. The second-order valence-corrected chi connectivity index (χ2v) is 3.84. The van der Waals surface area contributed by atoms with Crippen LogP contribution in [0.15, 0.2) is 12.7 Å². The van der Waals surface area contributed by atoms with E-state index in [0.717, 1.165) is 13.0 Å². The van der Waals surface area contributed by atoms with E-state index in [1.54, 1.807) is 6.92 Å². The molecule has 0 aromatic heterocycles. The molecule has 1 rings (SSSR count). The molecular weight excluding hydrogens is 162 g/mol. The van der Waals surface area contributed by atoms with Gasteiger partial charge in [0.15, 0.2) is 0 Å². The van der Waals surface area contributed by atoms with Gasteiger partial charge in [-0.3, -0.25) is 9.69 Å². The number of nitrogens with zero attached hydrogens (tertiary/aromatic N) is 1. The van der Waals surface area contributed by atoms with Crippen molar-refractivity contribution in [1.29, 1.82) is 0 Å². The number of piperidine rings is 1. The second kappa shape index (κ2) is 4.56. The quantitative estimate of drug-likeness (QED) is 0.621. The van der Waals surface area contributed by atoms with Gasteiger partial charge in [-0.2, -0.15) is 0 Å². The lowest BCUT2D eigenvalue weighted by Gasteiger charge is -2.37. The van der Waals surface area contributed by atoms with Gasteiger partial charge in [0.2, 0.25) is 0 Å². The van der Waals surface area contributed by atoms with Crippen molar-refractivity contribution < 1.29 is 4.79 Å². The third kappa shape index (κ3) is 2.41. The number of hydrogen-bond donors (Lipinski definition) is 0. The smallest absolute Gasteiger partial charge is 0.146 e. The van der Waals surface area contributed by atoms with E-state index in [1.165, 1.54) is 12.8 Å². The molecule has 1 fully saturated rings. The Kier molecular flexibility index (Phi) is 3.67. The van der Waals surface area contributed by atoms with Gasteiger partial charge in [0.25, 0.3) is 0 Å². The molecule has 0 saturated carbocycles. The van der Waals surface area contributed by atoms with Gasteiger partial charge in [-0.25, -0.2) is 0 Å². The molecular formula is C11H19NO. The molecule has 0 aromatic rings. The zero-order valence-electron chi connectivity index (χ0n) is 8.62. The minimum Gasteiger partial charge on any atom is -0.298 e. The van der Waals surface area contributed by atoms with Crippen LogP contribution in [0.3, 0.4) is 0 Å². The summed E-state index contributed by atoms with van der Waals surface area (Å²) in [6.07, 6.45) is 5.33. The monoisotopic (exact) mass is 181 g/mol. The summed E-state index contributed by atoms with van der Waals surface area (Å²) < 4.78 is 0. The molecule has 1 heterocycles. The van der Waals surface area contributed by atoms with Crippen LogP contribution in [0.25, 0.3) is 0 Å². The summed E-state index contributed by atoms with van der Waals surface area (Å²) in [5.74, 6) is 0.299. The van der Waals surface area contributed by atoms with Crippen LogP contribution < -0.4 is 0 Å². The molecule has 0 bridgehead atoms. The third-order valence-electron chi connectivity index (χ3n) is 2.88. The summed E-state index contributed by atoms with van der Waals surface area (Å²) in [6, 6.07) is 0.468. The average molecular weight is 181 g/mol. The highest BCUT2D eigenvalue weighted by Gasteiger charge is 2.27. The van der Waals surface area contributed by atoms with Crippen molar-refractivity contribution in [1.82, 2.24) is 4.90 Å². The van der Waals surface area contributed by atoms with Crippen molar-refractivity contribution in [3.05, 3.63) is 12.7 Å². The van der Waals surface area contributed by atoms with Crippen LogP contribution in [0.4, 0.5) is 0 Å². The molecule has 1 aliphatic rings. The SMILES string of the molecule is C=CC(C)N1CCCCC1C(C)=O. The van der Waals surface area contributed by atoms with Crippen LogP contribution in [-0.4, -0.2) is 29.3 Å². The van der Waals surface area contributed by atoms with Gasteiger partial charge >= 0.3 is 0 Å². The normalized spacial score (nSPS) is 26.8. The van der Waals surface area contributed by atoms with Crippen LogP contribution in [0.2, 0.25) is 0 Å². The molecule has 1 saturated heterocycles. The molecule has 1 aliphatic heterocycles. The summed E-state index contributed by atoms with van der Waals surface area (Å²) >= 11 is 0. The van der Waals surface area contributed by atoms with E-state index in [9.17, 15) is 4.79 Å². The van der Waals surface area contributed by atoms with Gasteiger partial charge in [-0.1, -0.05) is 12.5 Å². The van der Waals surface area contributed by atoms with E-state index >= 15 is 0 Å². The van der Waals surface area contributed by atoms with Crippen molar-refractivity contribution in [2.24, 2.45) is 0 Å². The van der Waals surface area contributed by atoms with Gasteiger partial charge in [0.05, 0.1) is 6.04 Å².